The van der Waals surface area contributed by atoms with Crippen LogP contribution in [0.25, 0.3) is 10.8 Å². The lowest BCUT2D eigenvalue weighted by atomic mass is 10.0. The number of aryl methyl sites for hydroxylation is 1. The second-order valence-electron chi connectivity index (χ2n) is 9.40. The van der Waals surface area contributed by atoms with E-state index in [0.29, 0.717) is 21.3 Å². The number of allylic oxidation sites excluding steroid dienone is 1. The highest BCUT2D eigenvalue weighted by Gasteiger charge is 2.33. The van der Waals surface area contributed by atoms with Gasteiger partial charge in [-0.1, -0.05) is 35.4 Å². The molecule has 0 aliphatic carbocycles. The summed E-state index contributed by atoms with van der Waals surface area (Å²) >= 11 is 9.51. The molecule has 200 valence electrons. The van der Waals surface area contributed by atoms with Crippen molar-refractivity contribution in [1.82, 2.24) is 10.3 Å². The van der Waals surface area contributed by atoms with Crippen molar-refractivity contribution < 1.29 is 22.8 Å². The monoisotopic (exact) mass is 609 g/mol. The van der Waals surface area contributed by atoms with E-state index in [0.717, 1.165) is 5.56 Å². The molecule has 3 rings (SSSR count). The number of nitrogens with one attached hydrogen (secondary N) is 2. The van der Waals surface area contributed by atoms with Gasteiger partial charge in [-0.2, -0.15) is 13.2 Å². The topological polar surface area (TPSA) is 109 Å². The Morgan fingerprint density at radius 1 is 1.16 bits per heavy atom. The number of aliphatic imine (C=N–C) groups is 1. The third kappa shape index (κ3) is 7.11. The Balaban J connectivity index is 2.19. The summed E-state index contributed by atoms with van der Waals surface area (Å²) in [4.78, 5) is 34.4. The Labute approximate surface area is 230 Å². The Morgan fingerprint density at radius 3 is 2.45 bits per heavy atom. The molecule has 2 amide bonds. The molecule has 0 fully saturated rings. The maximum atomic E-state index is 13.4. The van der Waals surface area contributed by atoms with Crippen LogP contribution in [0.15, 0.2) is 63.8 Å². The fourth-order valence-corrected chi connectivity index (χ4v) is 4.16. The quantitative estimate of drug-likeness (QED) is 0.283. The van der Waals surface area contributed by atoms with Gasteiger partial charge in [0.2, 0.25) is 0 Å². The van der Waals surface area contributed by atoms with Gasteiger partial charge >= 0.3 is 6.18 Å². The van der Waals surface area contributed by atoms with Crippen molar-refractivity contribution in [2.24, 2.45) is 10.7 Å². The maximum Gasteiger partial charge on any atom is 0.430 e. The molecule has 0 spiro atoms. The second kappa shape index (κ2) is 11.1. The van der Waals surface area contributed by atoms with Gasteiger partial charge in [0.15, 0.2) is 5.82 Å². The van der Waals surface area contributed by atoms with Gasteiger partial charge in [-0.25, -0.2) is 9.98 Å². The SMILES string of the molecule is Cc1ccc2c(Br)c(NC(=O)C(C=C(N)C(F)(F)F)=Nc3ncccc3Cl)c(C(=O)NC(C)(C)C)cc2c1. The van der Waals surface area contributed by atoms with Crippen LogP contribution in [0.5, 0.6) is 0 Å². The van der Waals surface area contributed by atoms with Crippen LogP contribution in [0.1, 0.15) is 36.7 Å². The molecule has 12 heteroatoms. The molecule has 0 bridgehead atoms. The first kappa shape index (κ1) is 29.1. The van der Waals surface area contributed by atoms with Gasteiger partial charge in [0, 0.05) is 16.2 Å². The zero-order valence-electron chi connectivity index (χ0n) is 20.8. The number of anilines is 1. The van der Waals surface area contributed by atoms with Crippen LogP contribution in [-0.4, -0.2) is 34.2 Å². The standard InChI is InChI=1S/C26H24BrClF3N5O2/c1-13-7-8-15-14(10-13)11-16(23(37)36-25(2,3)4)21(20(15)27)35-24(38)18(12-19(32)26(29,30)31)34-22-17(28)6-5-9-33-22/h5-12H,32H2,1-4H3,(H,35,38)(H,36,37). The van der Waals surface area contributed by atoms with Crippen molar-refractivity contribution in [3.05, 3.63) is 75.0 Å². The fraction of sp³-hybridized carbons (Fsp3) is 0.231. The van der Waals surface area contributed by atoms with Crippen LogP contribution in [0, 0.1) is 6.92 Å². The summed E-state index contributed by atoms with van der Waals surface area (Å²) in [7, 11) is 0. The molecule has 7 nitrogen and oxygen atoms in total. The third-order valence-corrected chi connectivity index (χ3v) is 6.14. The summed E-state index contributed by atoms with van der Waals surface area (Å²) in [6.07, 6.45) is -3.23. The molecule has 2 aromatic carbocycles. The zero-order valence-corrected chi connectivity index (χ0v) is 23.1. The highest BCUT2D eigenvalue weighted by atomic mass is 79.9. The molecule has 4 N–H and O–H groups in total. The van der Waals surface area contributed by atoms with Crippen molar-refractivity contribution >= 4 is 67.3 Å². The van der Waals surface area contributed by atoms with E-state index in [4.69, 9.17) is 17.3 Å². The average molecular weight is 611 g/mol. The highest BCUT2D eigenvalue weighted by molar-refractivity contribution is 9.10. The van der Waals surface area contributed by atoms with E-state index < -0.39 is 34.9 Å². The minimum Gasteiger partial charge on any atom is -0.395 e. The summed E-state index contributed by atoms with van der Waals surface area (Å²) in [6.45, 7) is 7.25. The van der Waals surface area contributed by atoms with Gasteiger partial charge in [0.25, 0.3) is 11.8 Å². The van der Waals surface area contributed by atoms with Gasteiger partial charge in [-0.05, 0) is 78.7 Å². The summed E-state index contributed by atoms with van der Waals surface area (Å²) in [6, 6.07) is 10.0. The number of alkyl halides is 3. The van der Waals surface area contributed by atoms with Gasteiger partial charge in [-0.15, -0.1) is 0 Å². The Bertz CT molecular complexity index is 1480. The summed E-state index contributed by atoms with van der Waals surface area (Å²) in [5, 5.41) is 6.75. The molecule has 0 saturated carbocycles. The Hall–Kier alpha value is -3.44. The lowest BCUT2D eigenvalue weighted by molar-refractivity contribution is -0.110. The molecule has 0 saturated heterocycles. The number of carbonyl (C=O) groups excluding carboxylic acids is 2. The molecule has 1 aromatic heterocycles. The number of fused-ring (bicyclic) bond motifs is 1. The minimum absolute atomic E-state index is 0.00396. The molecule has 38 heavy (non-hydrogen) atoms. The van der Waals surface area contributed by atoms with E-state index in [1.165, 1.54) is 18.3 Å². The van der Waals surface area contributed by atoms with Crippen molar-refractivity contribution in [3.63, 3.8) is 0 Å². The summed E-state index contributed by atoms with van der Waals surface area (Å²) < 4.78 is 40.1. The van der Waals surface area contributed by atoms with Crippen LogP contribution in [0.3, 0.4) is 0 Å². The predicted molar refractivity (Wildman–Crippen MR) is 147 cm³/mol. The number of carbonyl (C=O) groups is 2. The molecule has 0 radical (unpaired) electrons. The number of pyridine rings is 1. The van der Waals surface area contributed by atoms with Crippen LogP contribution in [-0.2, 0) is 4.79 Å². The largest absolute Gasteiger partial charge is 0.430 e. The van der Waals surface area contributed by atoms with Crippen molar-refractivity contribution in [2.75, 3.05) is 5.32 Å². The molecule has 0 atom stereocenters. The third-order valence-electron chi connectivity index (χ3n) is 5.02. The number of amides is 2. The van der Waals surface area contributed by atoms with E-state index in [2.05, 4.69) is 36.5 Å². The number of rotatable bonds is 5. The second-order valence-corrected chi connectivity index (χ2v) is 10.6. The number of benzene rings is 2. The molecular formula is C26H24BrClF3N5O2. The molecule has 0 aliphatic heterocycles. The summed E-state index contributed by atoms with van der Waals surface area (Å²) in [5.74, 6) is -1.77. The molecule has 0 unspecified atom stereocenters. The highest BCUT2D eigenvalue weighted by Crippen LogP contribution is 2.36. The maximum absolute atomic E-state index is 13.4. The molecule has 0 aliphatic rings. The predicted octanol–water partition coefficient (Wildman–Crippen LogP) is 6.60. The van der Waals surface area contributed by atoms with E-state index in [1.807, 2.05) is 19.1 Å². The van der Waals surface area contributed by atoms with Crippen LogP contribution in [0.2, 0.25) is 5.02 Å². The average Bonchev–Trinajstić information content (AvgIpc) is 2.79. The van der Waals surface area contributed by atoms with Gasteiger partial charge in [0.05, 0.1) is 16.3 Å². The smallest absolute Gasteiger partial charge is 0.395 e. The first-order chi connectivity index (χ1) is 17.6. The van der Waals surface area contributed by atoms with Crippen molar-refractivity contribution in [3.8, 4) is 0 Å². The van der Waals surface area contributed by atoms with E-state index >= 15 is 0 Å². The first-order valence-corrected chi connectivity index (χ1v) is 12.3. The van der Waals surface area contributed by atoms with Gasteiger partial charge in [-0.3, -0.25) is 9.59 Å². The van der Waals surface area contributed by atoms with E-state index in [1.54, 1.807) is 32.9 Å². The zero-order chi connectivity index (χ0) is 28.4. The van der Waals surface area contributed by atoms with Crippen molar-refractivity contribution in [2.45, 2.75) is 39.4 Å². The summed E-state index contributed by atoms with van der Waals surface area (Å²) in [5.41, 5.74) is 3.36. The van der Waals surface area contributed by atoms with Gasteiger partial charge < -0.3 is 16.4 Å². The number of hydrogen-bond acceptors (Lipinski definition) is 5. The lowest BCUT2D eigenvalue weighted by Gasteiger charge is -2.23. The molecule has 3 aromatic rings. The fourth-order valence-electron chi connectivity index (χ4n) is 3.32. The molecular weight excluding hydrogens is 587 g/mol. The normalized spacial score (nSPS) is 13.0. The van der Waals surface area contributed by atoms with Crippen molar-refractivity contribution in [1.29, 1.82) is 0 Å². The lowest BCUT2D eigenvalue weighted by Crippen LogP contribution is -2.41. The first-order valence-electron chi connectivity index (χ1n) is 11.2. The number of aromatic nitrogens is 1. The van der Waals surface area contributed by atoms with E-state index in [9.17, 15) is 22.8 Å². The molecule has 1 heterocycles. The van der Waals surface area contributed by atoms with Gasteiger partial charge in [0.1, 0.15) is 11.4 Å². The number of nitrogens with zero attached hydrogens (tertiary/aromatic N) is 2. The number of hydrogen-bond donors (Lipinski definition) is 3. The Kier molecular flexibility index (Phi) is 8.52. The van der Waals surface area contributed by atoms with E-state index in [-0.39, 0.29) is 22.1 Å². The van der Waals surface area contributed by atoms with Crippen LogP contribution in [0.4, 0.5) is 24.7 Å². The number of nitrogens with two attached hydrogens (primary N) is 1. The minimum atomic E-state index is -4.92. The van der Waals surface area contributed by atoms with Crippen LogP contribution >= 0.6 is 27.5 Å². The Morgan fingerprint density at radius 2 is 1.84 bits per heavy atom. The van der Waals surface area contributed by atoms with Crippen LogP contribution < -0.4 is 16.4 Å². The number of halogens is 5.